The molecule has 0 spiro atoms. The molecule has 0 saturated carbocycles. The Morgan fingerprint density at radius 1 is 1.37 bits per heavy atom. The lowest BCUT2D eigenvalue weighted by Crippen LogP contribution is -2.12. The van der Waals surface area contributed by atoms with Crippen molar-refractivity contribution in [3.05, 3.63) is 42.2 Å². The summed E-state index contributed by atoms with van der Waals surface area (Å²) in [7, 11) is -3.57. The predicted octanol–water partition coefficient (Wildman–Crippen LogP) is 2.00. The molecule has 0 unspecified atom stereocenters. The number of hydrogen-bond donors (Lipinski definition) is 3. The Bertz CT molecular complexity index is 665. The summed E-state index contributed by atoms with van der Waals surface area (Å²) >= 11 is 1.55. The van der Waals surface area contributed by atoms with E-state index in [1.807, 2.05) is 18.4 Å². The van der Waals surface area contributed by atoms with E-state index in [2.05, 4.69) is 9.71 Å². The topological polar surface area (TPSA) is 88.0 Å². The number of H-pyrrole nitrogens is 1. The highest BCUT2D eigenvalue weighted by atomic mass is 32.2. The van der Waals surface area contributed by atoms with Gasteiger partial charge in [0.1, 0.15) is 4.90 Å². The number of benzene rings is 1. The third-order valence-electron chi connectivity index (χ3n) is 2.57. The second kappa shape index (κ2) is 5.68. The number of rotatable bonds is 5. The molecule has 0 saturated heterocycles. The molecule has 5 nitrogen and oxygen atoms in total. The molecule has 1 aromatic heterocycles. The fraction of sp³-hybridized carbons (Fsp3) is 0.167. The Morgan fingerprint density at radius 3 is 2.79 bits per heavy atom. The van der Waals surface area contributed by atoms with Gasteiger partial charge < -0.3 is 10.7 Å². The second-order valence-corrected chi connectivity index (χ2v) is 6.46. The second-order valence-electron chi connectivity index (χ2n) is 3.90. The normalized spacial score (nSPS) is 11.5. The van der Waals surface area contributed by atoms with Crippen LogP contribution in [0.3, 0.4) is 0 Å². The van der Waals surface area contributed by atoms with Crippen LogP contribution in [0.2, 0.25) is 0 Å². The number of aromatic nitrogens is 1. The van der Waals surface area contributed by atoms with E-state index in [0.29, 0.717) is 11.4 Å². The highest BCUT2D eigenvalue weighted by molar-refractivity contribution is 7.98. The Labute approximate surface area is 116 Å². The summed E-state index contributed by atoms with van der Waals surface area (Å²) in [5.41, 5.74) is 6.67. The van der Waals surface area contributed by atoms with Crippen LogP contribution in [0.1, 0.15) is 5.69 Å². The van der Waals surface area contributed by atoms with Gasteiger partial charge in [0.05, 0.1) is 0 Å². The maximum absolute atomic E-state index is 12.2. The highest BCUT2D eigenvalue weighted by Gasteiger charge is 2.16. The van der Waals surface area contributed by atoms with Gasteiger partial charge in [-0.15, -0.1) is 11.8 Å². The molecule has 19 heavy (non-hydrogen) atoms. The Balaban J connectivity index is 2.25. The van der Waals surface area contributed by atoms with Gasteiger partial charge >= 0.3 is 0 Å². The summed E-state index contributed by atoms with van der Waals surface area (Å²) < 4.78 is 26.8. The van der Waals surface area contributed by atoms with Crippen molar-refractivity contribution in [2.75, 3.05) is 11.0 Å². The fourth-order valence-electron chi connectivity index (χ4n) is 1.59. The van der Waals surface area contributed by atoms with Crippen molar-refractivity contribution in [2.45, 2.75) is 16.3 Å². The number of thioether (sulfide) groups is 1. The minimum atomic E-state index is -3.57. The molecule has 0 aliphatic heterocycles. The molecular formula is C12H15N3O2S2. The SMILES string of the molecule is CSc1cccc(NS(=O)(=O)c2c[nH]c(CN)c2)c1. The summed E-state index contributed by atoms with van der Waals surface area (Å²) in [5, 5.41) is 0. The number of nitrogens with two attached hydrogens (primary N) is 1. The molecule has 2 rings (SSSR count). The molecule has 1 heterocycles. The van der Waals surface area contributed by atoms with E-state index in [1.165, 1.54) is 12.3 Å². The Kier molecular flexibility index (Phi) is 4.18. The van der Waals surface area contributed by atoms with Gasteiger partial charge in [-0.25, -0.2) is 8.42 Å². The fourth-order valence-corrected chi connectivity index (χ4v) is 3.12. The van der Waals surface area contributed by atoms with E-state index in [1.54, 1.807) is 23.9 Å². The van der Waals surface area contributed by atoms with Gasteiger partial charge in [0.2, 0.25) is 0 Å². The van der Waals surface area contributed by atoms with E-state index >= 15 is 0 Å². The molecule has 0 aliphatic rings. The van der Waals surface area contributed by atoms with Gasteiger partial charge in [-0.1, -0.05) is 6.07 Å². The zero-order chi connectivity index (χ0) is 13.9. The molecule has 7 heteroatoms. The molecule has 0 fully saturated rings. The minimum Gasteiger partial charge on any atom is -0.363 e. The van der Waals surface area contributed by atoms with Gasteiger partial charge in [0, 0.05) is 29.0 Å². The van der Waals surface area contributed by atoms with Crippen LogP contribution in [0.5, 0.6) is 0 Å². The summed E-state index contributed by atoms with van der Waals surface area (Å²) in [5.74, 6) is 0. The maximum atomic E-state index is 12.2. The average Bonchev–Trinajstić information content (AvgIpc) is 2.88. The molecule has 0 radical (unpaired) electrons. The molecule has 0 aliphatic carbocycles. The number of sulfonamides is 1. The van der Waals surface area contributed by atoms with Crippen LogP contribution in [0, 0.1) is 0 Å². The first kappa shape index (κ1) is 14.0. The number of hydrogen-bond acceptors (Lipinski definition) is 4. The van der Waals surface area contributed by atoms with Gasteiger partial charge in [0.15, 0.2) is 0 Å². The van der Waals surface area contributed by atoms with Gasteiger partial charge in [-0.05, 0) is 30.5 Å². The largest absolute Gasteiger partial charge is 0.363 e. The van der Waals surface area contributed by atoms with Crippen molar-refractivity contribution >= 4 is 27.5 Å². The van der Waals surface area contributed by atoms with Crippen molar-refractivity contribution in [1.82, 2.24) is 4.98 Å². The van der Waals surface area contributed by atoms with Crippen LogP contribution in [0.4, 0.5) is 5.69 Å². The van der Waals surface area contributed by atoms with E-state index in [-0.39, 0.29) is 11.4 Å². The summed E-state index contributed by atoms with van der Waals surface area (Å²) in [6, 6.07) is 8.77. The van der Waals surface area contributed by atoms with E-state index in [9.17, 15) is 8.42 Å². The lowest BCUT2D eigenvalue weighted by molar-refractivity contribution is 0.601. The monoisotopic (exact) mass is 297 g/mol. The third-order valence-corrected chi connectivity index (χ3v) is 4.65. The van der Waals surface area contributed by atoms with Gasteiger partial charge in [-0.2, -0.15) is 0 Å². The average molecular weight is 297 g/mol. The Hall–Kier alpha value is -1.44. The first-order valence-corrected chi connectivity index (χ1v) is 8.30. The molecule has 0 atom stereocenters. The molecule has 102 valence electrons. The van der Waals surface area contributed by atoms with Crippen LogP contribution in [0.25, 0.3) is 0 Å². The van der Waals surface area contributed by atoms with E-state index < -0.39 is 10.0 Å². The van der Waals surface area contributed by atoms with Crippen LogP contribution < -0.4 is 10.5 Å². The Morgan fingerprint density at radius 2 is 2.16 bits per heavy atom. The van der Waals surface area contributed by atoms with Crippen LogP contribution in [-0.4, -0.2) is 19.7 Å². The molecule has 0 amide bonds. The van der Waals surface area contributed by atoms with Crippen LogP contribution in [0.15, 0.2) is 46.3 Å². The van der Waals surface area contributed by atoms with E-state index in [4.69, 9.17) is 5.73 Å². The summed E-state index contributed by atoms with van der Waals surface area (Å²) in [4.78, 5) is 4.00. The van der Waals surface area contributed by atoms with Crippen molar-refractivity contribution < 1.29 is 8.42 Å². The quantitative estimate of drug-likeness (QED) is 0.737. The van der Waals surface area contributed by atoms with Crippen molar-refractivity contribution in [3.8, 4) is 0 Å². The molecule has 0 bridgehead atoms. The van der Waals surface area contributed by atoms with E-state index in [0.717, 1.165) is 4.90 Å². The van der Waals surface area contributed by atoms with Crippen LogP contribution >= 0.6 is 11.8 Å². The van der Waals surface area contributed by atoms with Gasteiger partial charge in [-0.3, -0.25) is 4.72 Å². The third kappa shape index (κ3) is 3.31. The molecule has 4 N–H and O–H groups in total. The predicted molar refractivity (Wildman–Crippen MR) is 77.7 cm³/mol. The lowest BCUT2D eigenvalue weighted by Gasteiger charge is -2.07. The smallest absolute Gasteiger partial charge is 0.263 e. The lowest BCUT2D eigenvalue weighted by atomic mass is 10.3. The zero-order valence-corrected chi connectivity index (χ0v) is 12.0. The zero-order valence-electron chi connectivity index (χ0n) is 10.4. The summed E-state index contributed by atoms with van der Waals surface area (Å²) in [6.45, 7) is 0.275. The maximum Gasteiger partial charge on any atom is 0.263 e. The minimum absolute atomic E-state index is 0.183. The molecular weight excluding hydrogens is 282 g/mol. The van der Waals surface area contributed by atoms with Crippen LogP contribution in [-0.2, 0) is 16.6 Å². The van der Waals surface area contributed by atoms with Crippen molar-refractivity contribution in [2.24, 2.45) is 5.73 Å². The highest BCUT2D eigenvalue weighted by Crippen LogP contribution is 2.22. The first-order chi connectivity index (χ1) is 9.05. The first-order valence-electron chi connectivity index (χ1n) is 5.59. The number of anilines is 1. The van der Waals surface area contributed by atoms with Crippen molar-refractivity contribution in [1.29, 1.82) is 0 Å². The standard InChI is InChI=1S/C12H15N3O2S2/c1-18-11-4-2-3-9(5-11)15-19(16,17)12-6-10(7-13)14-8-12/h2-6,8,14-15H,7,13H2,1H3. The molecule has 1 aromatic carbocycles. The molecule has 2 aromatic rings. The number of aromatic amines is 1. The summed E-state index contributed by atoms with van der Waals surface area (Å²) in [6.07, 6.45) is 3.37. The van der Waals surface area contributed by atoms with Gasteiger partial charge in [0.25, 0.3) is 10.0 Å². The van der Waals surface area contributed by atoms with Crippen molar-refractivity contribution in [3.63, 3.8) is 0 Å². The number of nitrogens with one attached hydrogen (secondary N) is 2.